The summed E-state index contributed by atoms with van der Waals surface area (Å²) in [7, 11) is 0. The molecule has 1 saturated heterocycles. The highest BCUT2D eigenvalue weighted by atomic mass is 16.1. The van der Waals surface area contributed by atoms with Crippen molar-refractivity contribution in [3.63, 3.8) is 0 Å². The Morgan fingerprint density at radius 1 is 1.50 bits per heavy atom. The van der Waals surface area contributed by atoms with Crippen molar-refractivity contribution in [3.05, 3.63) is 0 Å². The molecule has 0 spiro atoms. The van der Waals surface area contributed by atoms with Crippen molar-refractivity contribution in [1.82, 2.24) is 5.32 Å². The molecule has 2 nitrogen and oxygen atoms in total. The van der Waals surface area contributed by atoms with Gasteiger partial charge in [-0.3, -0.25) is 4.79 Å². The summed E-state index contributed by atoms with van der Waals surface area (Å²) in [6.45, 7) is 4.03. The van der Waals surface area contributed by atoms with Crippen molar-refractivity contribution in [2.75, 3.05) is 13.1 Å². The van der Waals surface area contributed by atoms with Gasteiger partial charge in [-0.1, -0.05) is 6.92 Å². The van der Waals surface area contributed by atoms with Crippen LogP contribution in [0.4, 0.5) is 0 Å². The molecule has 1 heterocycles. The minimum absolute atomic E-state index is 0.0835. The van der Waals surface area contributed by atoms with E-state index < -0.39 is 0 Å². The standard InChI is InChI=1S/C12H19NO/c1-3-4-5-6-11(14)12(2)7-9-13-10-8-12/h1,13H,4-10H2,2H3. The first-order valence-corrected chi connectivity index (χ1v) is 5.36. The first-order valence-electron chi connectivity index (χ1n) is 5.36. The Hall–Kier alpha value is -0.810. The van der Waals surface area contributed by atoms with Crippen molar-refractivity contribution in [2.45, 2.75) is 39.0 Å². The van der Waals surface area contributed by atoms with E-state index in [-0.39, 0.29) is 5.41 Å². The molecule has 14 heavy (non-hydrogen) atoms. The van der Waals surface area contributed by atoms with Crippen molar-refractivity contribution in [3.8, 4) is 12.3 Å². The predicted octanol–water partition coefficient (Wildman–Crippen LogP) is 1.75. The smallest absolute Gasteiger partial charge is 0.138 e. The van der Waals surface area contributed by atoms with Crippen LogP contribution in [0, 0.1) is 17.8 Å². The van der Waals surface area contributed by atoms with Crippen LogP contribution in [0.2, 0.25) is 0 Å². The first kappa shape index (κ1) is 11.3. The van der Waals surface area contributed by atoms with E-state index in [0.717, 1.165) is 38.8 Å². The van der Waals surface area contributed by atoms with Gasteiger partial charge in [0.1, 0.15) is 5.78 Å². The molecule has 0 amide bonds. The lowest BCUT2D eigenvalue weighted by Crippen LogP contribution is -2.39. The van der Waals surface area contributed by atoms with Crippen LogP contribution in [0.3, 0.4) is 0 Å². The summed E-state index contributed by atoms with van der Waals surface area (Å²) < 4.78 is 0. The molecular weight excluding hydrogens is 174 g/mol. The fourth-order valence-corrected chi connectivity index (χ4v) is 1.91. The Morgan fingerprint density at radius 3 is 2.71 bits per heavy atom. The third kappa shape index (κ3) is 2.85. The number of unbranched alkanes of at least 4 members (excludes halogenated alkanes) is 1. The predicted molar refractivity (Wildman–Crippen MR) is 57.9 cm³/mol. The largest absolute Gasteiger partial charge is 0.317 e. The molecule has 1 N–H and O–H groups in total. The molecule has 0 aromatic heterocycles. The molecule has 78 valence electrons. The summed E-state index contributed by atoms with van der Waals surface area (Å²) in [4.78, 5) is 11.9. The number of nitrogens with one attached hydrogen (secondary N) is 1. The third-order valence-electron chi connectivity index (χ3n) is 3.11. The number of piperidine rings is 1. The molecule has 1 rings (SSSR count). The second-order valence-corrected chi connectivity index (χ2v) is 4.29. The summed E-state index contributed by atoms with van der Waals surface area (Å²) in [5, 5.41) is 3.28. The van der Waals surface area contributed by atoms with Gasteiger partial charge in [0.2, 0.25) is 0 Å². The van der Waals surface area contributed by atoms with E-state index in [0.29, 0.717) is 12.2 Å². The average Bonchev–Trinajstić information content (AvgIpc) is 2.19. The van der Waals surface area contributed by atoms with E-state index in [1.807, 2.05) is 0 Å². The zero-order valence-electron chi connectivity index (χ0n) is 8.94. The van der Waals surface area contributed by atoms with Gasteiger partial charge in [0.05, 0.1) is 0 Å². The fraction of sp³-hybridized carbons (Fsp3) is 0.750. The van der Waals surface area contributed by atoms with Crippen LogP contribution in [0.1, 0.15) is 39.0 Å². The number of ketones is 1. The van der Waals surface area contributed by atoms with E-state index in [1.165, 1.54) is 0 Å². The van der Waals surface area contributed by atoms with Gasteiger partial charge >= 0.3 is 0 Å². The van der Waals surface area contributed by atoms with Gasteiger partial charge in [0.25, 0.3) is 0 Å². The average molecular weight is 193 g/mol. The van der Waals surface area contributed by atoms with E-state index in [4.69, 9.17) is 6.42 Å². The topological polar surface area (TPSA) is 29.1 Å². The Labute approximate surface area is 86.5 Å². The van der Waals surface area contributed by atoms with Gasteiger partial charge in [0.15, 0.2) is 0 Å². The lowest BCUT2D eigenvalue weighted by atomic mass is 9.76. The van der Waals surface area contributed by atoms with Gasteiger partial charge in [-0.15, -0.1) is 12.3 Å². The van der Waals surface area contributed by atoms with Crippen molar-refractivity contribution < 1.29 is 4.79 Å². The normalized spacial score (nSPS) is 20.0. The molecular formula is C12H19NO. The minimum atomic E-state index is -0.0835. The maximum absolute atomic E-state index is 11.9. The number of rotatable bonds is 4. The SMILES string of the molecule is C#CCCCC(=O)C1(C)CCNCC1. The van der Waals surface area contributed by atoms with Gasteiger partial charge in [-0.2, -0.15) is 0 Å². The maximum Gasteiger partial charge on any atom is 0.138 e. The number of terminal acetylenes is 1. The molecule has 1 fully saturated rings. The number of hydrogen-bond acceptors (Lipinski definition) is 2. The van der Waals surface area contributed by atoms with Crippen LogP contribution in [0.25, 0.3) is 0 Å². The summed E-state index contributed by atoms with van der Waals surface area (Å²) in [5.74, 6) is 2.97. The zero-order chi connectivity index (χ0) is 10.4. The van der Waals surface area contributed by atoms with E-state index in [1.54, 1.807) is 0 Å². The molecule has 1 aliphatic heterocycles. The zero-order valence-corrected chi connectivity index (χ0v) is 8.94. The van der Waals surface area contributed by atoms with Gasteiger partial charge in [-0.25, -0.2) is 0 Å². The lowest BCUT2D eigenvalue weighted by molar-refractivity contribution is -0.129. The highest BCUT2D eigenvalue weighted by Crippen LogP contribution is 2.30. The molecule has 0 aromatic carbocycles. The summed E-state index contributed by atoms with van der Waals surface area (Å²) in [5.41, 5.74) is -0.0835. The summed E-state index contributed by atoms with van der Waals surface area (Å²) >= 11 is 0. The van der Waals surface area contributed by atoms with Crippen LogP contribution in [0.15, 0.2) is 0 Å². The van der Waals surface area contributed by atoms with E-state index >= 15 is 0 Å². The van der Waals surface area contributed by atoms with E-state index in [9.17, 15) is 4.79 Å². The Morgan fingerprint density at radius 2 is 2.14 bits per heavy atom. The second-order valence-electron chi connectivity index (χ2n) is 4.29. The number of carbonyl (C=O) groups excluding carboxylic acids is 1. The van der Waals surface area contributed by atoms with Crippen molar-refractivity contribution in [1.29, 1.82) is 0 Å². The maximum atomic E-state index is 11.9. The van der Waals surface area contributed by atoms with Crippen LogP contribution >= 0.6 is 0 Å². The van der Waals surface area contributed by atoms with Crippen molar-refractivity contribution in [2.24, 2.45) is 5.41 Å². The molecule has 0 aliphatic carbocycles. The fourth-order valence-electron chi connectivity index (χ4n) is 1.91. The number of hydrogen-bond donors (Lipinski definition) is 1. The van der Waals surface area contributed by atoms with Crippen LogP contribution in [-0.2, 0) is 4.79 Å². The highest BCUT2D eigenvalue weighted by molar-refractivity contribution is 5.84. The van der Waals surface area contributed by atoms with Crippen LogP contribution in [-0.4, -0.2) is 18.9 Å². The quantitative estimate of drug-likeness (QED) is 0.544. The third-order valence-corrected chi connectivity index (χ3v) is 3.11. The summed E-state index contributed by atoms with van der Waals surface area (Å²) in [6, 6.07) is 0. The van der Waals surface area contributed by atoms with Gasteiger partial charge in [0, 0.05) is 18.3 Å². The monoisotopic (exact) mass is 193 g/mol. The molecule has 0 aromatic rings. The highest BCUT2D eigenvalue weighted by Gasteiger charge is 2.33. The number of carbonyl (C=O) groups is 1. The van der Waals surface area contributed by atoms with E-state index in [2.05, 4.69) is 18.2 Å². The molecule has 1 aliphatic rings. The Balaban J connectivity index is 2.38. The second kappa shape index (κ2) is 5.17. The molecule has 0 radical (unpaired) electrons. The first-order chi connectivity index (χ1) is 6.69. The summed E-state index contributed by atoms with van der Waals surface area (Å²) in [6.07, 6.45) is 9.32. The number of Topliss-reactive ketones (excluding diaryl/α,β-unsaturated/α-hetero) is 1. The lowest BCUT2D eigenvalue weighted by Gasteiger charge is -2.32. The van der Waals surface area contributed by atoms with Crippen LogP contribution < -0.4 is 5.32 Å². The van der Waals surface area contributed by atoms with Gasteiger partial charge < -0.3 is 5.32 Å². The minimum Gasteiger partial charge on any atom is -0.317 e. The Bertz CT molecular complexity index is 233. The van der Waals surface area contributed by atoms with Crippen molar-refractivity contribution >= 4 is 5.78 Å². The molecule has 0 saturated carbocycles. The molecule has 0 bridgehead atoms. The Kier molecular flexibility index (Phi) is 4.16. The van der Waals surface area contributed by atoms with Gasteiger partial charge in [-0.05, 0) is 32.4 Å². The molecule has 2 heteroatoms. The molecule has 0 unspecified atom stereocenters. The van der Waals surface area contributed by atoms with Crippen LogP contribution in [0.5, 0.6) is 0 Å². The molecule has 0 atom stereocenters.